The Morgan fingerprint density at radius 2 is 1.02 bits per heavy atom. The number of nitrogens with one attached hydrogen (secondary N) is 4. The minimum atomic E-state index is -2.16. The quantitative estimate of drug-likeness (QED) is 0.0789. The maximum atomic E-state index is 13.6. The van der Waals surface area contributed by atoms with E-state index < -0.39 is 109 Å². The van der Waals surface area contributed by atoms with Crippen LogP contribution < -0.4 is 21.5 Å². The molecule has 0 aromatic heterocycles. The number of carbonyl (C=O) groups excluding carboxylic acids is 6. The highest BCUT2D eigenvalue weighted by atomic mass is 35.6. The van der Waals surface area contributed by atoms with E-state index in [1.165, 1.54) is 18.9 Å². The van der Waals surface area contributed by atoms with Crippen molar-refractivity contribution in [1.29, 1.82) is 0 Å². The van der Waals surface area contributed by atoms with Crippen LogP contribution in [0.25, 0.3) is 0 Å². The molecule has 0 radical (unpaired) electrons. The zero-order valence-electron chi connectivity index (χ0n) is 35.5. The molecular weight excluding hydrogens is 987 g/mol. The lowest BCUT2D eigenvalue weighted by molar-refractivity contribution is -0.154. The average molecular weight is 1050 g/mol. The van der Waals surface area contributed by atoms with E-state index in [9.17, 15) is 47.4 Å². The van der Waals surface area contributed by atoms with Crippen LogP contribution in [0, 0.1) is 0 Å². The number of alkyl carbamates (subject to hydrolysis) is 1. The Morgan fingerprint density at radius 3 is 1.30 bits per heavy atom. The summed E-state index contributed by atoms with van der Waals surface area (Å²) in [6.07, 6.45) is -2.62. The first-order valence-corrected chi connectivity index (χ1v) is 21.0. The molecule has 64 heavy (non-hydrogen) atoms. The Kier molecular flexibility index (Phi) is 28.8. The fourth-order valence-corrected chi connectivity index (χ4v) is 5.04. The van der Waals surface area contributed by atoms with Gasteiger partial charge in [-0.25, -0.2) is 29.2 Å². The van der Waals surface area contributed by atoms with Crippen LogP contribution in [0.5, 0.6) is 0 Å². The number of aliphatic carboxylic acids is 1. The molecule has 27 heteroatoms. The molecule has 0 aromatic carbocycles. The third-order valence-electron chi connectivity index (χ3n) is 7.85. The lowest BCUT2D eigenvalue weighted by atomic mass is 10.0. The molecule has 0 bridgehead atoms. The highest BCUT2D eigenvalue weighted by Crippen LogP contribution is 2.27. The zero-order valence-corrected chi connectivity index (χ0v) is 40.0. The van der Waals surface area contributed by atoms with Crippen LogP contribution in [0.2, 0.25) is 0 Å². The van der Waals surface area contributed by atoms with Crippen molar-refractivity contribution >= 4 is 111 Å². The summed E-state index contributed by atoms with van der Waals surface area (Å²) in [7, 11) is 0. The maximum absolute atomic E-state index is 13.6. The van der Waals surface area contributed by atoms with Gasteiger partial charge >= 0.3 is 24.0 Å². The van der Waals surface area contributed by atoms with Crippen LogP contribution in [-0.4, -0.2) is 154 Å². The van der Waals surface area contributed by atoms with Crippen LogP contribution in [0.15, 0.2) is 0 Å². The van der Waals surface area contributed by atoms with E-state index >= 15 is 0 Å². The number of carboxylic acids is 1. The van der Waals surface area contributed by atoms with E-state index in [1.807, 2.05) is 0 Å². The Hall–Kier alpha value is -2.47. The second kappa shape index (κ2) is 28.0. The number of amides is 4. The molecule has 0 unspecified atom stereocenters. The third kappa shape index (κ3) is 27.2. The number of halogens is 8. The standard InChI is InChI=1S/C15H23Cl3FN3O5.C15H24Cl3N3O5.C5H9FO3.2CH4/c1-8(20-11(24)10(23)14(2,3)19)12(25)22-6-4-5-9(21-22)13(26)27-7-15(16,17)18;1-9(19-13(24)26-14(2,3)4)11(22)21-7-5-6-10(20-21)12(23)25-8-15(16,17)18;1-5(2,6)3(7)4(8)9;;/h8-10,21,23H,4-7H2,1-3H3,(H,20,24);9-10,20H,5-8H2,1-4H3,(H,19,24);3,7H,1-2H3,(H,8,9);2*1H4/t8-,9-,10+;9-,10-;3-;;/m001../s1. The number of alkyl halides is 8. The van der Waals surface area contributed by atoms with Gasteiger partial charge in [-0.1, -0.05) is 84.5 Å². The third-order valence-corrected chi connectivity index (χ3v) is 8.50. The predicted octanol–water partition coefficient (Wildman–Crippen LogP) is 4.77. The number of carboxylic acid groups (broad SMARTS) is 1. The van der Waals surface area contributed by atoms with Crippen molar-refractivity contribution in [2.24, 2.45) is 0 Å². The summed E-state index contributed by atoms with van der Waals surface area (Å²) in [5.74, 6) is -4.84. The maximum Gasteiger partial charge on any atom is 0.408 e. The highest BCUT2D eigenvalue weighted by Gasteiger charge is 2.38. The smallest absolute Gasteiger partial charge is 0.408 e. The van der Waals surface area contributed by atoms with Crippen LogP contribution in [0.4, 0.5) is 13.6 Å². The van der Waals surface area contributed by atoms with E-state index in [2.05, 4.69) is 21.5 Å². The summed E-state index contributed by atoms with van der Waals surface area (Å²) in [5.41, 5.74) is 0.579. The minimum absolute atomic E-state index is 0. The van der Waals surface area contributed by atoms with Gasteiger partial charge in [0.2, 0.25) is 7.59 Å². The average Bonchev–Trinajstić information content (AvgIpc) is 3.13. The molecule has 376 valence electrons. The molecule has 2 fully saturated rings. The molecule has 0 aliphatic carbocycles. The van der Waals surface area contributed by atoms with Crippen LogP contribution in [0.1, 0.15) is 103 Å². The first-order valence-electron chi connectivity index (χ1n) is 18.7. The van der Waals surface area contributed by atoms with Gasteiger partial charge in [-0.05, 0) is 88.0 Å². The van der Waals surface area contributed by atoms with E-state index in [0.29, 0.717) is 32.2 Å². The van der Waals surface area contributed by atoms with Crippen molar-refractivity contribution in [1.82, 2.24) is 31.5 Å². The lowest BCUT2D eigenvalue weighted by Gasteiger charge is -2.34. The molecule has 0 spiro atoms. The Labute approximate surface area is 403 Å². The fraction of sp³-hybridized carbons (Fsp3) is 0.811. The molecule has 0 saturated carbocycles. The van der Waals surface area contributed by atoms with Crippen LogP contribution in [0.3, 0.4) is 0 Å². The molecule has 2 saturated heterocycles. The van der Waals surface area contributed by atoms with Gasteiger partial charge in [-0.2, -0.15) is 0 Å². The summed E-state index contributed by atoms with van der Waals surface area (Å²) < 4.78 is 37.5. The fourth-order valence-electron chi connectivity index (χ4n) is 4.71. The predicted molar refractivity (Wildman–Crippen MR) is 238 cm³/mol. The van der Waals surface area contributed by atoms with Gasteiger partial charge in [0.15, 0.2) is 12.2 Å². The number of rotatable bonds is 12. The first-order chi connectivity index (χ1) is 27.9. The number of nitrogens with zero attached hydrogens (tertiary/aromatic N) is 2. The van der Waals surface area contributed by atoms with Crippen molar-refractivity contribution in [3.05, 3.63) is 0 Å². The van der Waals surface area contributed by atoms with Gasteiger partial charge in [0, 0.05) is 13.1 Å². The molecule has 2 aliphatic rings. The Morgan fingerprint density at radius 1 is 0.672 bits per heavy atom. The summed E-state index contributed by atoms with van der Waals surface area (Å²) >= 11 is 33.2. The molecule has 4 amide bonds. The molecule has 6 atom stereocenters. The molecule has 19 nitrogen and oxygen atoms in total. The monoisotopic (exact) mass is 1050 g/mol. The number of esters is 2. The number of aliphatic hydroxyl groups is 2. The number of hydrogen-bond donors (Lipinski definition) is 7. The van der Waals surface area contributed by atoms with Crippen LogP contribution in [-0.2, 0) is 43.0 Å². The minimum Gasteiger partial charge on any atom is -0.479 e. The highest BCUT2D eigenvalue weighted by molar-refractivity contribution is 6.68. The molecule has 7 N–H and O–H groups in total. The van der Waals surface area contributed by atoms with Gasteiger partial charge in [-0.15, -0.1) is 0 Å². The van der Waals surface area contributed by atoms with Crippen LogP contribution >= 0.6 is 69.6 Å². The summed E-state index contributed by atoms with van der Waals surface area (Å²) in [5, 5.41) is 33.3. The van der Waals surface area contributed by atoms with Gasteiger partial charge in [0.25, 0.3) is 17.7 Å². The van der Waals surface area contributed by atoms with Gasteiger partial charge in [-0.3, -0.25) is 34.0 Å². The van der Waals surface area contributed by atoms with Crippen molar-refractivity contribution in [2.75, 3.05) is 26.3 Å². The lowest BCUT2D eigenvalue weighted by Crippen LogP contribution is -2.60. The van der Waals surface area contributed by atoms with E-state index in [-0.39, 0.29) is 28.0 Å². The van der Waals surface area contributed by atoms with E-state index in [1.54, 1.807) is 20.8 Å². The molecule has 2 rings (SSSR count). The SMILES string of the molecule is C.C.CC(C)(F)[C@H](O)C(=O)O.C[C@H](NC(=O)OC(C)(C)C)C(=O)N1CCC[C@@H](C(=O)OCC(Cl)(Cl)Cl)N1.C[C@H](NC(=O)[C@@H](O)C(C)(C)F)C(=O)N1CCC[C@@H](C(=O)OCC(Cl)(Cl)Cl)N1. The van der Waals surface area contributed by atoms with Gasteiger partial charge in [0.05, 0.1) is 0 Å². The number of hydrazine groups is 2. The zero-order chi connectivity index (χ0) is 48.8. The molecular formula is C37H64Cl6F2N6O13. The van der Waals surface area contributed by atoms with E-state index in [4.69, 9.17) is 94.0 Å². The van der Waals surface area contributed by atoms with Gasteiger partial charge in [0.1, 0.15) is 54.3 Å². The first kappa shape index (κ1) is 65.8. The van der Waals surface area contributed by atoms with Crippen molar-refractivity contribution in [3.8, 4) is 0 Å². The van der Waals surface area contributed by atoms with Crippen molar-refractivity contribution < 1.29 is 71.9 Å². The normalized spacial score (nSPS) is 18.7. The van der Waals surface area contributed by atoms with E-state index in [0.717, 1.165) is 32.7 Å². The number of aliphatic hydroxyl groups excluding tert-OH is 2. The molecule has 2 aliphatic heterocycles. The summed E-state index contributed by atoms with van der Waals surface area (Å²) in [4.78, 5) is 82.4. The molecule has 0 aromatic rings. The number of carbonyl (C=O) groups is 7. The Bertz CT molecular complexity index is 1540. The molecule has 2 heterocycles. The topological polar surface area (TPSA) is 262 Å². The second-order valence-electron chi connectivity index (χ2n) is 15.9. The summed E-state index contributed by atoms with van der Waals surface area (Å²) in [6, 6.07) is -3.46. The number of hydrogen-bond acceptors (Lipinski definition) is 14. The summed E-state index contributed by atoms with van der Waals surface area (Å²) in [6.45, 7) is 12.0. The number of ether oxygens (including phenoxy) is 3. The largest absolute Gasteiger partial charge is 0.479 e. The van der Waals surface area contributed by atoms with Crippen molar-refractivity contribution in [2.45, 2.75) is 164 Å². The second-order valence-corrected chi connectivity index (χ2v) is 21.0. The Balaban J connectivity index is -0.000000951. The van der Waals surface area contributed by atoms with Gasteiger partial charge < -0.3 is 40.2 Å². The van der Waals surface area contributed by atoms with Crippen molar-refractivity contribution in [3.63, 3.8) is 0 Å².